The Balaban J connectivity index is 1.64. The molecule has 5 rings (SSSR count). The predicted molar refractivity (Wildman–Crippen MR) is 168 cm³/mol. The maximum absolute atomic E-state index is 14.0. The van der Waals surface area contributed by atoms with Gasteiger partial charge in [-0.3, -0.25) is 9.36 Å². The summed E-state index contributed by atoms with van der Waals surface area (Å²) in [6.45, 7) is 5.31. The van der Waals surface area contributed by atoms with Crippen molar-refractivity contribution in [1.82, 2.24) is 14.5 Å². The van der Waals surface area contributed by atoms with Gasteiger partial charge in [0.05, 0.1) is 33.8 Å². The number of hydrogen-bond donors (Lipinski definition) is 1. The van der Waals surface area contributed by atoms with Crippen molar-refractivity contribution in [2.75, 3.05) is 11.9 Å². The first-order valence-electron chi connectivity index (χ1n) is 14.6. The molecule has 47 heavy (non-hydrogen) atoms. The number of rotatable bonds is 7. The lowest BCUT2D eigenvalue weighted by Gasteiger charge is -2.31. The molecule has 2 amide bonds. The van der Waals surface area contributed by atoms with E-state index in [2.05, 4.69) is 5.32 Å². The highest BCUT2D eigenvalue weighted by atomic mass is 19.4. The second-order valence-electron chi connectivity index (χ2n) is 11.2. The number of nitrogens with one attached hydrogen (secondary N) is 1. The van der Waals surface area contributed by atoms with Gasteiger partial charge in [-0.25, -0.2) is 9.78 Å². The number of fused-ring (bicyclic) bond motifs is 1. The van der Waals surface area contributed by atoms with Crippen LogP contribution in [0.15, 0.2) is 95.8 Å². The van der Waals surface area contributed by atoms with Crippen molar-refractivity contribution in [1.29, 1.82) is 0 Å². The van der Waals surface area contributed by atoms with Gasteiger partial charge in [-0.15, -0.1) is 0 Å². The molecule has 0 aliphatic heterocycles. The third-order valence-corrected chi connectivity index (χ3v) is 7.82. The molecule has 0 saturated carbocycles. The van der Waals surface area contributed by atoms with Crippen molar-refractivity contribution in [2.24, 2.45) is 0 Å². The Labute approximate surface area is 266 Å². The number of carbonyl (C=O) groups excluding carboxylic acids is 1. The molecule has 0 radical (unpaired) electrons. The second-order valence-corrected chi connectivity index (χ2v) is 11.2. The molecule has 0 spiro atoms. The summed E-state index contributed by atoms with van der Waals surface area (Å²) in [5.41, 5.74) is -0.819. The Morgan fingerprint density at radius 2 is 1.47 bits per heavy atom. The molecule has 1 heterocycles. The van der Waals surface area contributed by atoms with Crippen LogP contribution in [0.25, 0.3) is 16.6 Å². The molecule has 1 aromatic heterocycles. The van der Waals surface area contributed by atoms with Crippen LogP contribution < -0.4 is 10.9 Å². The molecule has 4 aromatic carbocycles. The van der Waals surface area contributed by atoms with E-state index in [1.54, 1.807) is 49.4 Å². The van der Waals surface area contributed by atoms with Crippen LogP contribution in [-0.2, 0) is 18.8 Å². The number of amides is 2. The first-order valence-corrected chi connectivity index (χ1v) is 14.6. The number of halogens is 6. The maximum Gasteiger partial charge on any atom is 0.416 e. The van der Waals surface area contributed by atoms with E-state index in [0.29, 0.717) is 28.7 Å². The zero-order valence-corrected chi connectivity index (χ0v) is 25.6. The molecule has 0 saturated heterocycles. The fourth-order valence-electron chi connectivity index (χ4n) is 5.45. The van der Waals surface area contributed by atoms with Crippen LogP contribution >= 0.6 is 0 Å². The number of anilines is 1. The number of aromatic nitrogens is 2. The molecule has 5 aromatic rings. The predicted octanol–water partition coefficient (Wildman–Crippen LogP) is 8.88. The monoisotopic (exact) mass is 652 g/mol. The molecule has 1 unspecified atom stereocenters. The van der Waals surface area contributed by atoms with Gasteiger partial charge in [-0.05, 0) is 74.7 Å². The highest BCUT2D eigenvalue weighted by Crippen LogP contribution is 2.38. The molecule has 0 aliphatic rings. The highest BCUT2D eigenvalue weighted by Gasteiger charge is 2.37. The highest BCUT2D eigenvalue weighted by molar-refractivity contribution is 5.90. The minimum atomic E-state index is -5.10. The summed E-state index contributed by atoms with van der Waals surface area (Å²) in [6.07, 6.45) is -9.91. The summed E-state index contributed by atoms with van der Waals surface area (Å²) in [7, 11) is 0. The summed E-state index contributed by atoms with van der Waals surface area (Å²) < 4.78 is 82.9. The molecule has 244 valence electrons. The standard InChI is InChI=1S/C35H30F6N4O2/c1-21-13-14-30(22(2)17-21)45-31(43-29-12-8-7-11-28(29)32(45)46)23(3)44(16-15-24-9-5-4-6-10-24)33(47)42-27-19-25(34(36,37)38)18-26(20-27)35(39,40)41/h4-14,17-20,23H,15-16H2,1-3H3,(H,42,47). The zero-order valence-electron chi connectivity index (χ0n) is 25.6. The van der Waals surface area contributed by atoms with E-state index in [1.165, 1.54) is 9.47 Å². The van der Waals surface area contributed by atoms with Gasteiger partial charge in [0.2, 0.25) is 0 Å². The Kier molecular flexibility index (Phi) is 9.15. The number of urea groups is 1. The molecule has 12 heteroatoms. The van der Waals surface area contributed by atoms with E-state index in [4.69, 9.17) is 4.98 Å². The Hall–Kier alpha value is -5.13. The van der Waals surface area contributed by atoms with Crippen molar-refractivity contribution in [2.45, 2.75) is 45.6 Å². The second kappa shape index (κ2) is 12.9. The first kappa shape index (κ1) is 33.2. The van der Waals surface area contributed by atoms with E-state index < -0.39 is 46.8 Å². The number of benzene rings is 4. The van der Waals surface area contributed by atoms with Crippen LogP contribution in [-0.4, -0.2) is 27.0 Å². The van der Waals surface area contributed by atoms with E-state index in [0.717, 1.165) is 16.7 Å². The molecule has 6 nitrogen and oxygen atoms in total. The topological polar surface area (TPSA) is 67.2 Å². The largest absolute Gasteiger partial charge is 0.416 e. The Morgan fingerprint density at radius 3 is 2.09 bits per heavy atom. The van der Waals surface area contributed by atoms with Gasteiger partial charge in [0, 0.05) is 12.2 Å². The van der Waals surface area contributed by atoms with Gasteiger partial charge in [0.1, 0.15) is 5.82 Å². The fourth-order valence-corrected chi connectivity index (χ4v) is 5.45. The van der Waals surface area contributed by atoms with E-state index in [9.17, 15) is 35.9 Å². The number of carbonyl (C=O) groups is 1. The van der Waals surface area contributed by atoms with Crippen LogP contribution in [0.3, 0.4) is 0 Å². The minimum Gasteiger partial charge on any atom is -0.314 e. The Morgan fingerprint density at radius 1 is 0.851 bits per heavy atom. The van der Waals surface area contributed by atoms with E-state index >= 15 is 0 Å². The summed E-state index contributed by atoms with van der Waals surface area (Å²) >= 11 is 0. The number of alkyl halides is 6. The molecule has 0 aliphatic carbocycles. The van der Waals surface area contributed by atoms with Gasteiger partial charge >= 0.3 is 18.4 Å². The van der Waals surface area contributed by atoms with Gasteiger partial charge < -0.3 is 10.2 Å². The number of aryl methyl sites for hydroxylation is 2. The summed E-state index contributed by atoms with van der Waals surface area (Å²) in [5, 5.41) is 2.58. The third kappa shape index (κ3) is 7.32. The van der Waals surface area contributed by atoms with Crippen LogP contribution in [0.1, 0.15) is 46.6 Å². The van der Waals surface area contributed by atoms with Crippen molar-refractivity contribution >= 4 is 22.6 Å². The third-order valence-electron chi connectivity index (χ3n) is 7.82. The molecular weight excluding hydrogens is 622 g/mol. The van der Waals surface area contributed by atoms with Crippen LogP contribution in [0.2, 0.25) is 0 Å². The van der Waals surface area contributed by atoms with Gasteiger partial charge in [-0.1, -0.05) is 60.2 Å². The molecule has 1 N–H and O–H groups in total. The van der Waals surface area contributed by atoms with E-state index in [1.807, 2.05) is 44.2 Å². The average molecular weight is 653 g/mol. The minimum absolute atomic E-state index is 0.00689. The number of para-hydroxylation sites is 1. The van der Waals surface area contributed by atoms with Crippen LogP contribution in [0, 0.1) is 13.8 Å². The average Bonchev–Trinajstić information content (AvgIpc) is 3.01. The quantitative estimate of drug-likeness (QED) is 0.179. The van der Waals surface area contributed by atoms with Crippen LogP contribution in [0.5, 0.6) is 0 Å². The van der Waals surface area contributed by atoms with Gasteiger partial charge in [-0.2, -0.15) is 26.3 Å². The van der Waals surface area contributed by atoms with Crippen molar-refractivity contribution in [3.8, 4) is 5.69 Å². The van der Waals surface area contributed by atoms with Crippen LogP contribution in [0.4, 0.5) is 36.8 Å². The lowest BCUT2D eigenvalue weighted by molar-refractivity contribution is -0.143. The Bertz CT molecular complexity index is 1960. The molecule has 0 fully saturated rings. The first-order chi connectivity index (χ1) is 22.1. The lowest BCUT2D eigenvalue weighted by atomic mass is 10.1. The molecular formula is C35H30F6N4O2. The van der Waals surface area contributed by atoms with Crippen molar-refractivity contribution in [3.63, 3.8) is 0 Å². The molecule has 1 atom stereocenters. The van der Waals surface area contributed by atoms with Gasteiger partial charge in [0.15, 0.2) is 0 Å². The molecule has 0 bridgehead atoms. The number of hydrogen-bond acceptors (Lipinski definition) is 3. The SMILES string of the molecule is Cc1ccc(-n2c(C(C)N(CCc3ccccc3)C(=O)Nc3cc(C(F)(F)F)cc(C(F)(F)F)c3)nc3ccccc3c2=O)c(C)c1. The summed E-state index contributed by atoms with van der Waals surface area (Å²) in [5.74, 6) is 0.156. The van der Waals surface area contributed by atoms with Gasteiger partial charge in [0.25, 0.3) is 5.56 Å². The fraction of sp³-hybridized carbons (Fsp3) is 0.229. The maximum atomic E-state index is 14.0. The normalized spacial score (nSPS) is 12.6. The lowest BCUT2D eigenvalue weighted by Crippen LogP contribution is -2.41. The van der Waals surface area contributed by atoms with E-state index in [-0.39, 0.29) is 24.9 Å². The summed E-state index contributed by atoms with van der Waals surface area (Å²) in [4.78, 5) is 33.9. The number of nitrogens with zero attached hydrogens (tertiary/aromatic N) is 3. The zero-order chi connectivity index (χ0) is 34.1. The van der Waals surface area contributed by atoms with Crippen molar-refractivity contribution in [3.05, 3.63) is 135 Å². The smallest absolute Gasteiger partial charge is 0.314 e. The van der Waals surface area contributed by atoms with Crippen molar-refractivity contribution < 1.29 is 31.1 Å². The summed E-state index contributed by atoms with van der Waals surface area (Å²) in [6, 6.07) is 20.1.